The van der Waals surface area contributed by atoms with Crippen LogP contribution in [0, 0.1) is 0 Å². The minimum atomic E-state index is -0.114. The second kappa shape index (κ2) is 8.12. The molecule has 1 aromatic heterocycles. The smallest absolute Gasteiger partial charge is 0.321 e. The molecule has 2 heterocycles. The normalized spacial score (nSPS) is 14.7. The molecule has 0 atom stereocenters. The van der Waals surface area contributed by atoms with Crippen molar-refractivity contribution < 1.29 is 14.3 Å². The average molecular weight is 378 g/mol. The number of para-hydroxylation sites is 2. The van der Waals surface area contributed by atoms with E-state index in [-0.39, 0.29) is 12.1 Å². The Morgan fingerprint density at radius 3 is 2.68 bits per heavy atom. The molecule has 28 heavy (non-hydrogen) atoms. The molecule has 2 amide bonds. The van der Waals surface area contributed by atoms with Gasteiger partial charge < -0.3 is 19.7 Å². The van der Waals surface area contributed by atoms with Crippen LogP contribution in [0.1, 0.15) is 12.8 Å². The summed E-state index contributed by atoms with van der Waals surface area (Å²) in [5.74, 6) is 1.24. The molecule has 144 valence electrons. The predicted octanol–water partition coefficient (Wildman–Crippen LogP) is 3.71. The van der Waals surface area contributed by atoms with Crippen molar-refractivity contribution in [1.29, 1.82) is 0 Å². The summed E-state index contributed by atoms with van der Waals surface area (Å²) in [5, 5.41) is 2.91. The Labute approximate surface area is 163 Å². The first-order chi connectivity index (χ1) is 13.7. The van der Waals surface area contributed by atoms with Crippen molar-refractivity contribution in [3.8, 4) is 11.6 Å². The highest BCUT2D eigenvalue weighted by Gasteiger charge is 2.24. The molecule has 0 unspecified atom stereocenters. The topological polar surface area (TPSA) is 76.6 Å². The van der Waals surface area contributed by atoms with Crippen molar-refractivity contribution in [2.75, 3.05) is 25.5 Å². The van der Waals surface area contributed by atoms with Crippen LogP contribution in [0.15, 0.2) is 54.7 Å². The van der Waals surface area contributed by atoms with Gasteiger partial charge in [0.1, 0.15) is 11.9 Å². The van der Waals surface area contributed by atoms with Crippen LogP contribution < -0.4 is 14.8 Å². The van der Waals surface area contributed by atoms with Gasteiger partial charge in [0.25, 0.3) is 0 Å². The highest BCUT2D eigenvalue weighted by Crippen LogP contribution is 2.21. The number of hydrogen-bond acceptors (Lipinski definition) is 5. The van der Waals surface area contributed by atoms with Crippen LogP contribution in [0.3, 0.4) is 0 Å². The van der Waals surface area contributed by atoms with Gasteiger partial charge in [-0.25, -0.2) is 14.8 Å². The molecule has 1 fully saturated rings. The van der Waals surface area contributed by atoms with E-state index in [1.165, 1.54) is 0 Å². The number of urea groups is 1. The van der Waals surface area contributed by atoms with Gasteiger partial charge in [-0.1, -0.05) is 18.2 Å². The van der Waals surface area contributed by atoms with Crippen LogP contribution in [0.25, 0.3) is 11.0 Å². The first-order valence-corrected chi connectivity index (χ1v) is 9.30. The lowest BCUT2D eigenvalue weighted by Gasteiger charge is -2.31. The molecule has 1 aliphatic heterocycles. The molecule has 0 spiro atoms. The van der Waals surface area contributed by atoms with E-state index < -0.39 is 0 Å². The first kappa shape index (κ1) is 18.0. The molecular weight excluding hydrogens is 356 g/mol. The van der Waals surface area contributed by atoms with Crippen molar-refractivity contribution in [2.24, 2.45) is 0 Å². The van der Waals surface area contributed by atoms with Crippen LogP contribution in [-0.2, 0) is 0 Å². The monoisotopic (exact) mass is 378 g/mol. The van der Waals surface area contributed by atoms with E-state index >= 15 is 0 Å². The Morgan fingerprint density at radius 1 is 1.11 bits per heavy atom. The molecule has 1 N–H and O–H groups in total. The molecule has 2 aromatic carbocycles. The fourth-order valence-electron chi connectivity index (χ4n) is 3.25. The van der Waals surface area contributed by atoms with Crippen LogP contribution in [0.2, 0.25) is 0 Å². The highest BCUT2D eigenvalue weighted by molar-refractivity contribution is 5.89. The molecule has 7 heteroatoms. The van der Waals surface area contributed by atoms with Crippen molar-refractivity contribution in [3.63, 3.8) is 0 Å². The maximum absolute atomic E-state index is 12.5. The number of amides is 2. The maximum atomic E-state index is 12.5. The minimum absolute atomic E-state index is 0.0244. The van der Waals surface area contributed by atoms with Gasteiger partial charge in [0, 0.05) is 37.7 Å². The molecule has 4 rings (SSSR count). The van der Waals surface area contributed by atoms with E-state index in [0.29, 0.717) is 30.4 Å². The van der Waals surface area contributed by atoms with E-state index in [1.807, 2.05) is 42.5 Å². The lowest BCUT2D eigenvalue weighted by Crippen LogP contribution is -2.43. The average Bonchev–Trinajstić information content (AvgIpc) is 2.74. The zero-order chi connectivity index (χ0) is 19.3. The Morgan fingerprint density at radius 2 is 1.89 bits per heavy atom. The Kier molecular flexibility index (Phi) is 5.23. The number of likely N-dealkylation sites (tertiary alicyclic amines) is 1. The summed E-state index contributed by atoms with van der Waals surface area (Å²) >= 11 is 0. The van der Waals surface area contributed by atoms with E-state index in [9.17, 15) is 4.79 Å². The van der Waals surface area contributed by atoms with Gasteiger partial charge in [-0.2, -0.15) is 0 Å². The molecule has 1 aliphatic rings. The molecule has 0 saturated carbocycles. The van der Waals surface area contributed by atoms with Crippen molar-refractivity contribution in [2.45, 2.75) is 18.9 Å². The number of rotatable bonds is 4. The summed E-state index contributed by atoms with van der Waals surface area (Å²) in [6, 6.07) is 14.9. The van der Waals surface area contributed by atoms with Crippen molar-refractivity contribution in [3.05, 3.63) is 54.7 Å². The third-order valence-corrected chi connectivity index (χ3v) is 4.76. The number of fused-ring (bicyclic) bond motifs is 1. The third kappa shape index (κ3) is 4.14. The molecule has 0 radical (unpaired) electrons. The standard InChI is InChI=1S/C21H22N4O3/c1-27-17-6-4-5-15(13-17)23-21(26)25-11-9-16(10-12-25)28-20-14-22-18-7-2-3-8-19(18)24-20/h2-8,13-14,16H,9-12H2,1H3,(H,23,26). The fourth-order valence-corrected chi connectivity index (χ4v) is 3.25. The maximum Gasteiger partial charge on any atom is 0.321 e. The summed E-state index contributed by atoms with van der Waals surface area (Å²) < 4.78 is 11.2. The molecule has 7 nitrogen and oxygen atoms in total. The van der Waals surface area contributed by atoms with Crippen LogP contribution >= 0.6 is 0 Å². The van der Waals surface area contributed by atoms with E-state index in [4.69, 9.17) is 9.47 Å². The van der Waals surface area contributed by atoms with Crippen molar-refractivity contribution >= 4 is 22.8 Å². The minimum Gasteiger partial charge on any atom is -0.497 e. The van der Waals surface area contributed by atoms with E-state index in [1.54, 1.807) is 24.3 Å². The van der Waals surface area contributed by atoms with Crippen LogP contribution in [0.4, 0.5) is 10.5 Å². The van der Waals surface area contributed by atoms with Gasteiger partial charge in [-0.3, -0.25) is 0 Å². The van der Waals surface area contributed by atoms with Gasteiger partial charge >= 0.3 is 6.03 Å². The second-order valence-electron chi connectivity index (χ2n) is 6.66. The van der Waals surface area contributed by atoms with Crippen molar-refractivity contribution in [1.82, 2.24) is 14.9 Å². The van der Waals surface area contributed by atoms with E-state index in [2.05, 4.69) is 15.3 Å². The largest absolute Gasteiger partial charge is 0.497 e. The lowest BCUT2D eigenvalue weighted by molar-refractivity contribution is 0.111. The number of ether oxygens (including phenoxy) is 2. The number of benzene rings is 2. The molecule has 3 aromatic rings. The first-order valence-electron chi connectivity index (χ1n) is 9.30. The highest BCUT2D eigenvalue weighted by atomic mass is 16.5. The number of carbonyl (C=O) groups excluding carboxylic acids is 1. The number of carbonyl (C=O) groups is 1. The summed E-state index contributed by atoms with van der Waals surface area (Å²) in [6.45, 7) is 1.25. The number of methoxy groups -OCH3 is 1. The molecule has 0 aliphatic carbocycles. The second-order valence-corrected chi connectivity index (χ2v) is 6.66. The zero-order valence-electron chi connectivity index (χ0n) is 15.7. The quantitative estimate of drug-likeness (QED) is 0.749. The summed E-state index contributed by atoms with van der Waals surface area (Å²) in [4.78, 5) is 23.2. The molecular formula is C21H22N4O3. The zero-order valence-corrected chi connectivity index (χ0v) is 15.7. The Hall–Kier alpha value is -3.35. The molecule has 0 bridgehead atoms. The Bertz CT molecular complexity index is 971. The Balaban J connectivity index is 1.31. The summed E-state index contributed by atoms with van der Waals surface area (Å²) in [6.07, 6.45) is 3.18. The molecule has 1 saturated heterocycles. The van der Waals surface area contributed by atoms with Gasteiger partial charge in [0.2, 0.25) is 5.88 Å². The van der Waals surface area contributed by atoms with Crippen LogP contribution in [-0.4, -0.2) is 47.2 Å². The summed E-state index contributed by atoms with van der Waals surface area (Å²) in [7, 11) is 1.60. The number of piperidine rings is 1. The lowest BCUT2D eigenvalue weighted by atomic mass is 10.1. The number of nitrogens with zero attached hydrogens (tertiary/aromatic N) is 3. The summed E-state index contributed by atoms with van der Waals surface area (Å²) in [5.41, 5.74) is 2.38. The number of nitrogens with one attached hydrogen (secondary N) is 1. The van der Waals surface area contributed by atoms with Gasteiger partial charge in [-0.15, -0.1) is 0 Å². The number of anilines is 1. The number of aromatic nitrogens is 2. The van der Waals surface area contributed by atoms with E-state index in [0.717, 1.165) is 23.9 Å². The van der Waals surface area contributed by atoms with Gasteiger partial charge in [0.15, 0.2) is 0 Å². The SMILES string of the molecule is COc1cccc(NC(=O)N2CCC(Oc3cnc4ccccc4n3)CC2)c1. The fraction of sp³-hybridized carbons (Fsp3) is 0.286. The predicted molar refractivity (Wildman–Crippen MR) is 107 cm³/mol. The number of hydrogen-bond donors (Lipinski definition) is 1. The van der Waals surface area contributed by atoms with Crippen LogP contribution in [0.5, 0.6) is 11.6 Å². The third-order valence-electron chi connectivity index (χ3n) is 4.76. The van der Waals surface area contributed by atoms with Gasteiger partial charge in [0.05, 0.1) is 24.3 Å². The van der Waals surface area contributed by atoms with Gasteiger partial charge in [-0.05, 0) is 24.3 Å².